The van der Waals surface area contributed by atoms with Crippen LogP contribution in [-0.4, -0.2) is 31.2 Å². The summed E-state index contributed by atoms with van der Waals surface area (Å²) >= 11 is 0. The third kappa shape index (κ3) is 1.31. The molecule has 0 N–H and O–H groups in total. The van der Waals surface area contributed by atoms with Crippen LogP contribution in [0.3, 0.4) is 0 Å². The lowest BCUT2D eigenvalue weighted by Crippen LogP contribution is -2.46. The quantitative estimate of drug-likeness (QED) is 0.511. The van der Waals surface area contributed by atoms with E-state index in [2.05, 4.69) is 34.9 Å². The molecule has 2 atom stereocenters. The number of quaternary nitrogens is 1. The third-order valence-corrected chi connectivity index (χ3v) is 4.12. The monoisotopic (exact) mass is 156 g/mol. The molecule has 0 spiro atoms. The lowest BCUT2D eigenvalue weighted by Gasteiger charge is -2.35. The zero-order valence-electron chi connectivity index (χ0n) is 8.65. The van der Waals surface area contributed by atoms with Crippen LogP contribution in [0.1, 0.15) is 33.6 Å². The number of rotatable bonds is 1. The Bertz CT molecular complexity index is 151. The highest BCUT2D eigenvalue weighted by Gasteiger charge is 2.46. The van der Waals surface area contributed by atoms with Crippen molar-refractivity contribution in [2.24, 2.45) is 5.41 Å². The van der Waals surface area contributed by atoms with Crippen LogP contribution in [0.4, 0.5) is 0 Å². The molecule has 1 aliphatic rings. The standard InChI is InChI=1S/C10H22N/c1-6-10(3)7-8-11(4,5)9(10)2/h9H,6-8H2,1-5H3/q+1. The summed E-state index contributed by atoms with van der Waals surface area (Å²) in [6, 6.07) is 0.826. The van der Waals surface area contributed by atoms with Gasteiger partial charge in [-0.2, -0.15) is 0 Å². The fraction of sp³-hybridized carbons (Fsp3) is 1.00. The SMILES string of the molecule is CCC1(C)CC[N+](C)(C)C1C. The summed E-state index contributed by atoms with van der Waals surface area (Å²) in [6.45, 7) is 8.51. The predicted molar refractivity (Wildman–Crippen MR) is 49.5 cm³/mol. The molecule has 1 aliphatic heterocycles. The second kappa shape index (κ2) is 2.48. The summed E-state index contributed by atoms with van der Waals surface area (Å²) in [5.74, 6) is 0. The highest BCUT2D eigenvalue weighted by Crippen LogP contribution is 2.41. The third-order valence-electron chi connectivity index (χ3n) is 4.12. The van der Waals surface area contributed by atoms with E-state index in [1.807, 2.05) is 0 Å². The van der Waals surface area contributed by atoms with Crippen LogP contribution < -0.4 is 0 Å². The lowest BCUT2D eigenvalue weighted by atomic mass is 9.80. The molecule has 0 aromatic carbocycles. The van der Waals surface area contributed by atoms with E-state index in [9.17, 15) is 0 Å². The maximum Gasteiger partial charge on any atom is 0.0913 e. The van der Waals surface area contributed by atoms with Gasteiger partial charge in [-0.25, -0.2) is 0 Å². The Balaban J connectivity index is 2.78. The topological polar surface area (TPSA) is 0 Å². The van der Waals surface area contributed by atoms with Crippen molar-refractivity contribution in [2.75, 3.05) is 20.6 Å². The van der Waals surface area contributed by atoms with E-state index in [1.165, 1.54) is 23.9 Å². The molecule has 1 heterocycles. The second-order valence-corrected chi connectivity index (χ2v) is 4.94. The van der Waals surface area contributed by atoms with Crippen LogP contribution in [0.2, 0.25) is 0 Å². The van der Waals surface area contributed by atoms with E-state index in [0.29, 0.717) is 5.41 Å². The van der Waals surface area contributed by atoms with Crippen LogP contribution in [-0.2, 0) is 0 Å². The Morgan fingerprint density at radius 3 is 2.18 bits per heavy atom. The van der Waals surface area contributed by atoms with Crippen LogP contribution in [0, 0.1) is 5.41 Å². The van der Waals surface area contributed by atoms with Crippen molar-refractivity contribution < 1.29 is 4.48 Å². The minimum absolute atomic E-state index is 0.601. The maximum absolute atomic E-state index is 2.44. The molecule has 0 bridgehead atoms. The zero-order chi connectivity index (χ0) is 8.70. The molecule has 1 rings (SSSR count). The van der Waals surface area contributed by atoms with Crippen molar-refractivity contribution in [3.8, 4) is 0 Å². The Morgan fingerprint density at radius 1 is 1.45 bits per heavy atom. The van der Waals surface area contributed by atoms with Gasteiger partial charge < -0.3 is 4.48 Å². The molecule has 0 radical (unpaired) electrons. The van der Waals surface area contributed by atoms with Gasteiger partial charge in [0.2, 0.25) is 0 Å². The average Bonchev–Trinajstić information content (AvgIpc) is 2.16. The van der Waals surface area contributed by atoms with Gasteiger partial charge in [0, 0.05) is 11.8 Å². The summed E-state index contributed by atoms with van der Waals surface area (Å²) in [6.07, 6.45) is 2.73. The summed E-state index contributed by atoms with van der Waals surface area (Å²) in [5, 5.41) is 0. The van der Waals surface area contributed by atoms with Crippen LogP contribution >= 0.6 is 0 Å². The van der Waals surface area contributed by atoms with Crippen molar-refractivity contribution in [3.05, 3.63) is 0 Å². The molecular weight excluding hydrogens is 134 g/mol. The van der Waals surface area contributed by atoms with Gasteiger partial charge in [0.1, 0.15) is 0 Å². The van der Waals surface area contributed by atoms with Crippen molar-refractivity contribution >= 4 is 0 Å². The fourth-order valence-corrected chi connectivity index (χ4v) is 2.26. The Kier molecular flexibility index (Phi) is 2.04. The van der Waals surface area contributed by atoms with Gasteiger partial charge in [-0.15, -0.1) is 0 Å². The van der Waals surface area contributed by atoms with E-state index in [0.717, 1.165) is 6.04 Å². The van der Waals surface area contributed by atoms with Crippen LogP contribution in [0.25, 0.3) is 0 Å². The highest BCUT2D eigenvalue weighted by molar-refractivity contribution is 4.84. The van der Waals surface area contributed by atoms with Gasteiger partial charge in [-0.05, 0) is 13.3 Å². The molecule has 1 fully saturated rings. The van der Waals surface area contributed by atoms with E-state index < -0.39 is 0 Å². The number of likely N-dealkylation sites (tertiary alicyclic amines) is 1. The van der Waals surface area contributed by atoms with Gasteiger partial charge >= 0.3 is 0 Å². The van der Waals surface area contributed by atoms with E-state index in [1.54, 1.807) is 0 Å². The summed E-state index contributed by atoms with van der Waals surface area (Å²) in [5.41, 5.74) is 0.601. The van der Waals surface area contributed by atoms with Gasteiger partial charge in [0.15, 0.2) is 0 Å². The predicted octanol–water partition coefficient (Wildman–Crippen LogP) is 2.27. The van der Waals surface area contributed by atoms with Crippen molar-refractivity contribution in [2.45, 2.75) is 39.7 Å². The molecule has 11 heavy (non-hydrogen) atoms. The normalized spacial score (nSPS) is 42.8. The minimum atomic E-state index is 0.601. The Labute approximate surface area is 71.0 Å². The van der Waals surface area contributed by atoms with E-state index >= 15 is 0 Å². The van der Waals surface area contributed by atoms with Crippen molar-refractivity contribution in [3.63, 3.8) is 0 Å². The molecule has 1 saturated heterocycles. The van der Waals surface area contributed by atoms with Crippen molar-refractivity contribution in [1.82, 2.24) is 0 Å². The summed E-state index contributed by atoms with van der Waals surface area (Å²) < 4.78 is 1.21. The molecule has 0 aromatic rings. The molecule has 0 aromatic heterocycles. The minimum Gasteiger partial charge on any atom is -0.326 e. The Hall–Kier alpha value is -0.0400. The molecule has 0 amide bonds. The number of nitrogens with zero attached hydrogens (tertiary/aromatic N) is 1. The van der Waals surface area contributed by atoms with Gasteiger partial charge in [0.05, 0.1) is 26.7 Å². The molecule has 66 valence electrons. The van der Waals surface area contributed by atoms with Crippen LogP contribution in [0.5, 0.6) is 0 Å². The number of hydrogen-bond acceptors (Lipinski definition) is 0. The van der Waals surface area contributed by atoms with Gasteiger partial charge in [-0.1, -0.05) is 13.8 Å². The van der Waals surface area contributed by atoms with E-state index in [-0.39, 0.29) is 0 Å². The Morgan fingerprint density at radius 2 is 2.00 bits per heavy atom. The first-order valence-electron chi connectivity index (χ1n) is 4.75. The first-order chi connectivity index (χ1) is 4.92. The second-order valence-electron chi connectivity index (χ2n) is 4.94. The van der Waals surface area contributed by atoms with E-state index in [4.69, 9.17) is 0 Å². The fourth-order valence-electron chi connectivity index (χ4n) is 2.26. The molecular formula is C10H22N+. The smallest absolute Gasteiger partial charge is 0.0913 e. The number of hydrogen-bond donors (Lipinski definition) is 0. The summed E-state index contributed by atoms with van der Waals surface area (Å²) in [7, 11) is 4.71. The van der Waals surface area contributed by atoms with Gasteiger partial charge in [-0.3, -0.25) is 0 Å². The highest BCUT2D eigenvalue weighted by atomic mass is 15.4. The lowest BCUT2D eigenvalue weighted by molar-refractivity contribution is -0.903. The van der Waals surface area contributed by atoms with Crippen molar-refractivity contribution in [1.29, 1.82) is 0 Å². The molecule has 1 nitrogen and oxygen atoms in total. The summed E-state index contributed by atoms with van der Waals surface area (Å²) in [4.78, 5) is 0. The molecule has 0 aliphatic carbocycles. The molecule has 1 heteroatoms. The molecule has 0 saturated carbocycles. The maximum atomic E-state index is 2.44. The first kappa shape index (κ1) is 9.05. The average molecular weight is 156 g/mol. The van der Waals surface area contributed by atoms with Crippen LogP contribution in [0.15, 0.2) is 0 Å². The van der Waals surface area contributed by atoms with Gasteiger partial charge in [0.25, 0.3) is 0 Å². The zero-order valence-corrected chi connectivity index (χ0v) is 8.65. The molecule has 2 unspecified atom stereocenters. The largest absolute Gasteiger partial charge is 0.326 e. The first-order valence-corrected chi connectivity index (χ1v) is 4.75.